The molecule has 4 aliphatic heterocycles. The van der Waals surface area contributed by atoms with E-state index in [1.807, 2.05) is 131 Å². The number of terminal acetylenes is 4. The summed E-state index contributed by atoms with van der Waals surface area (Å²) in [6.45, 7) is 4.85. The molecule has 0 fully saturated rings. The second kappa shape index (κ2) is 36.6. The Kier molecular flexibility index (Phi) is 26.8. The fourth-order valence-electron chi connectivity index (χ4n) is 11.9. The third-order valence-electron chi connectivity index (χ3n) is 17.6. The number of aryl methyl sites for hydroxylation is 4. The molecule has 4 unspecified atom stereocenters. The van der Waals surface area contributed by atoms with Crippen LogP contribution < -0.4 is 19.6 Å². The highest BCUT2D eigenvalue weighted by Crippen LogP contribution is 2.39. The van der Waals surface area contributed by atoms with Crippen LogP contribution in [0.15, 0.2) is 166 Å². The Morgan fingerprint density at radius 3 is 1.28 bits per heavy atom. The number of hydrogen-bond acceptors (Lipinski definition) is 22. The summed E-state index contributed by atoms with van der Waals surface area (Å²) < 4.78 is 31.9. The molecule has 4 aliphatic rings. The van der Waals surface area contributed by atoms with E-state index in [9.17, 15) is 28.8 Å². The topological polar surface area (TPSA) is 257 Å². The number of benzodiazepines with no additional fused rings is 2. The van der Waals surface area contributed by atoms with Crippen LogP contribution in [0, 0.1) is 77.1 Å². The molecule has 6 aromatic carbocycles. The molecule has 24 nitrogen and oxygen atoms in total. The van der Waals surface area contributed by atoms with Crippen LogP contribution in [-0.4, -0.2) is 165 Å². The van der Waals surface area contributed by atoms with Crippen molar-refractivity contribution in [2.45, 2.75) is 59.5 Å². The summed E-state index contributed by atoms with van der Waals surface area (Å²) in [7, 11) is 6.47. The molecule has 0 aliphatic carbocycles. The molecule has 0 radical (unpaired) electrons. The van der Waals surface area contributed by atoms with Gasteiger partial charge in [0.25, 0.3) is 29.9 Å². The van der Waals surface area contributed by atoms with Crippen LogP contribution in [-0.2, 0) is 76.7 Å². The number of anilines is 4. The lowest BCUT2D eigenvalue weighted by atomic mass is 9.95. The van der Waals surface area contributed by atoms with Crippen molar-refractivity contribution in [3.8, 4) is 49.4 Å². The number of rotatable bonds is 24. The van der Waals surface area contributed by atoms with Crippen molar-refractivity contribution >= 4 is 104 Å². The largest absolute Gasteiger partial charge is 0.436 e. The van der Waals surface area contributed by atoms with Gasteiger partial charge in [-0.05, 0) is 98.5 Å². The van der Waals surface area contributed by atoms with Gasteiger partial charge in [-0.1, -0.05) is 128 Å². The van der Waals surface area contributed by atoms with E-state index in [0.717, 1.165) is 54.9 Å². The van der Waals surface area contributed by atoms with E-state index in [-0.39, 0.29) is 59.6 Å². The van der Waals surface area contributed by atoms with Gasteiger partial charge in [-0.25, -0.2) is 34.1 Å². The van der Waals surface area contributed by atoms with Crippen molar-refractivity contribution in [3.05, 3.63) is 232 Å². The predicted molar refractivity (Wildman–Crippen MR) is 416 cm³/mol. The highest BCUT2D eigenvalue weighted by Gasteiger charge is 2.39. The first-order valence-corrected chi connectivity index (χ1v) is 35.1. The Morgan fingerprint density at radius 1 is 0.422 bits per heavy atom. The molecule has 0 N–H and O–H groups in total. The van der Waals surface area contributed by atoms with Crippen molar-refractivity contribution in [1.29, 1.82) is 0 Å². The molecule has 2 aromatic heterocycles. The van der Waals surface area contributed by atoms with Gasteiger partial charge in [-0.3, -0.25) is 34.2 Å². The SMILES string of the molecule is C.C#Cc1cc2c(s1)C(c1ccccc1C)=NC(COOCOCOCOC(=O)C1N=C(c3ccccc3C)c3sc(C#C)cc3N(C)C1=O)C(=O)N2C.C#Cc1ccc2c(c1)C(c1ccccc1C)=NC(COOCOCOCC(=O)OC1N=C(c3ccccc3C)c3cc(C#C)ccc3N(C)C1=O)C(=O)N2C. The maximum atomic E-state index is 13.5. The first kappa shape index (κ1) is 79.7. The van der Waals surface area contributed by atoms with E-state index in [1.54, 1.807) is 70.7 Å². The molecule has 0 saturated carbocycles. The number of thiophene rings is 2. The molecule has 556 valence electrons. The molecule has 12 rings (SSSR count). The fourth-order valence-corrected chi connectivity index (χ4v) is 13.9. The lowest BCUT2D eigenvalue weighted by Gasteiger charge is -2.20. The average Bonchev–Trinajstić information content (AvgIpc) is 1.66. The summed E-state index contributed by atoms with van der Waals surface area (Å²) in [5.41, 5.74) is 14.2. The van der Waals surface area contributed by atoms with Gasteiger partial charge >= 0.3 is 11.9 Å². The van der Waals surface area contributed by atoms with Gasteiger partial charge in [-0.2, -0.15) is 0 Å². The second-order valence-corrected chi connectivity index (χ2v) is 26.6. The van der Waals surface area contributed by atoms with Gasteiger partial charge in [-0.15, -0.1) is 48.4 Å². The zero-order chi connectivity index (χ0) is 76.7. The number of fused-ring (bicyclic) bond motifs is 4. The van der Waals surface area contributed by atoms with E-state index >= 15 is 0 Å². The van der Waals surface area contributed by atoms with Crippen molar-refractivity contribution in [2.24, 2.45) is 20.0 Å². The van der Waals surface area contributed by atoms with Crippen LogP contribution in [0.4, 0.5) is 22.7 Å². The number of amides is 4. The fraction of sp³-hybridized carbons (Fsp3) is 0.253. The van der Waals surface area contributed by atoms with Gasteiger partial charge in [0.15, 0.2) is 46.0 Å². The van der Waals surface area contributed by atoms with E-state index < -0.39 is 61.5 Å². The van der Waals surface area contributed by atoms with Gasteiger partial charge in [0.1, 0.15) is 19.8 Å². The van der Waals surface area contributed by atoms with E-state index in [2.05, 4.69) is 33.7 Å². The van der Waals surface area contributed by atoms with E-state index in [4.69, 9.17) is 83.6 Å². The molecule has 0 bridgehead atoms. The average molecular weight is 1510 g/mol. The standard InChI is InChI=1S/C43H38N4O8.C39H34N4O8S2.CH4/c1-7-29-17-19-36-33(21-29)39(31-15-11-9-13-27(31)3)44-35(42(49)46(36)5)23-53-54-26-52-25-51-24-38(48)55-41-43(50)47(6)37-20-18-30(8-2)22-34(37)40(45-41)32-16-12-10-14-28(32)4;1-7-25-17-30-35(52-25)32(27-15-11-9-13-23(27)3)40-29(37(44)42(30)5)19-50-51-22-48-20-47-21-49-39(46)34-38(45)43(6)31-18-26(8-2)53-36(31)33(41-34)28-16-12-10-14-24(28)4;/h1-2,9-22,35,41H,23-26H2,3-6H3;1-2,9-18,29,34H,19-22H2,3-6H3;1H4. The van der Waals surface area contributed by atoms with Crippen LogP contribution in [0.2, 0.25) is 0 Å². The number of hydrogen-bond donors (Lipinski definition) is 0. The van der Waals surface area contributed by atoms with Crippen LogP contribution >= 0.6 is 22.7 Å². The molecule has 0 spiro atoms. The Bertz CT molecular complexity index is 5120. The third-order valence-corrected chi connectivity index (χ3v) is 19.7. The minimum Gasteiger partial charge on any atom is -0.436 e. The van der Waals surface area contributed by atoms with Crippen LogP contribution in [0.25, 0.3) is 0 Å². The summed E-state index contributed by atoms with van der Waals surface area (Å²) >= 11 is 2.70. The molecule has 26 heteroatoms. The minimum absolute atomic E-state index is 0. The van der Waals surface area contributed by atoms with Gasteiger partial charge in [0.05, 0.1) is 65.1 Å². The highest BCUT2D eigenvalue weighted by molar-refractivity contribution is 7.16. The Labute approximate surface area is 639 Å². The Hall–Kier alpha value is -11.9. The molecule has 109 heavy (non-hydrogen) atoms. The third kappa shape index (κ3) is 18.1. The molecule has 4 amide bonds. The zero-order valence-electron chi connectivity index (χ0n) is 60.1. The number of nitrogens with zero attached hydrogens (tertiary/aromatic N) is 8. The maximum absolute atomic E-state index is 13.5. The number of ether oxygens (including phenoxy) is 6. The number of carbonyl (C=O) groups is 6. The molecule has 4 atom stereocenters. The van der Waals surface area contributed by atoms with Crippen LogP contribution in [0.3, 0.4) is 0 Å². The number of carbonyl (C=O) groups excluding carboxylic acids is 6. The first-order chi connectivity index (χ1) is 52.2. The Morgan fingerprint density at radius 2 is 0.817 bits per heavy atom. The van der Waals surface area contributed by atoms with Gasteiger partial charge in [0.2, 0.25) is 6.04 Å². The van der Waals surface area contributed by atoms with Crippen molar-refractivity contribution in [3.63, 3.8) is 0 Å². The van der Waals surface area contributed by atoms with Crippen LogP contribution in [0.1, 0.15) is 93.7 Å². The van der Waals surface area contributed by atoms with Crippen molar-refractivity contribution in [1.82, 2.24) is 0 Å². The monoisotopic (exact) mass is 1500 g/mol. The summed E-state index contributed by atoms with van der Waals surface area (Å²) in [6, 6.07) is 41.4. The number of likely N-dealkylation sites (N-methyl/N-ethyl adjacent to an activating group) is 4. The summed E-state index contributed by atoms with van der Waals surface area (Å²) in [5.74, 6) is 7.06. The summed E-state index contributed by atoms with van der Waals surface area (Å²) in [5, 5.41) is 0. The second-order valence-electron chi connectivity index (χ2n) is 24.5. The zero-order valence-corrected chi connectivity index (χ0v) is 61.7. The normalized spacial score (nSPS) is 16.5. The molecule has 6 heterocycles. The highest BCUT2D eigenvalue weighted by atomic mass is 32.1. The molecule has 8 aromatic rings. The Balaban J connectivity index is 0.000000230. The van der Waals surface area contributed by atoms with Crippen molar-refractivity contribution < 1.29 is 76.7 Å². The van der Waals surface area contributed by atoms with E-state index in [0.29, 0.717) is 76.9 Å². The first-order valence-electron chi connectivity index (χ1n) is 33.5. The maximum Gasteiger partial charge on any atom is 0.342 e. The van der Waals surface area contributed by atoms with Gasteiger partial charge in [0, 0.05) is 72.7 Å². The lowest BCUT2D eigenvalue weighted by molar-refractivity contribution is -0.346. The van der Waals surface area contributed by atoms with Gasteiger partial charge < -0.3 is 48.0 Å². The quantitative estimate of drug-likeness (QED) is 0.0104. The number of aliphatic imine (C=N–C) groups is 4. The molecular formula is C83H76N8O16S2. The smallest absolute Gasteiger partial charge is 0.342 e. The van der Waals surface area contributed by atoms with Crippen molar-refractivity contribution in [2.75, 3.05) is 102 Å². The predicted octanol–water partition coefficient (Wildman–Crippen LogP) is 10.2. The van der Waals surface area contributed by atoms with Crippen LogP contribution in [0.5, 0.6) is 0 Å². The minimum atomic E-state index is -1.48. The molecule has 0 saturated heterocycles. The number of esters is 2. The molecular weight excluding hydrogens is 1430 g/mol. The summed E-state index contributed by atoms with van der Waals surface area (Å²) in [6.07, 6.45) is 21.2. The summed E-state index contributed by atoms with van der Waals surface area (Å²) in [4.78, 5) is 128. The lowest BCUT2D eigenvalue weighted by Crippen LogP contribution is -2.40. The number of benzene rings is 6. The van der Waals surface area contributed by atoms with E-state index in [1.165, 1.54) is 42.3 Å².